The van der Waals surface area contributed by atoms with E-state index in [-0.39, 0.29) is 11.5 Å². The lowest BCUT2D eigenvalue weighted by molar-refractivity contribution is -0.127. The second-order valence-electron chi connectivity index (χ2n) is 6.32. The molecule has 164 valence electrons. The Morgan fingerprint density at radius 3 is 2.78 bits per heavy atom. The Morgan fingerprint density at radius 2 is 2.09 bits per heavy atom. The molecule has 0 spiro atoms. The third-order valence-electron chi connectivity index (χ3n) is 4.17. The number of para-hydroxylation sites is 1. The van der Waals surface area contributed by atoms with Gasteiger partial charge in [0.1, 0.15) is 13.2 Å². The maximum absolute atomic E-state index is 12.7. The van der Waals surface area contributed by atoms with Gasteiger partial charge >= 0.3 is 0 Å². The first-order valence-corrected chi connectivity index (χ1v) is 11.1. The second-order valence-corrected chi connectivity index (χ2v) is 8.58. The minimum atomic E-state index is -0.572. The van der Waals surface area contributed by atoms with E-state index in [2.05, 4.69) is 27.2 Å². The number of nitrogens with zero attached hydrogens (tertiary/aromatic N) is 1. The Bertz CT molecular complexity index is 1160. The van der Waals surface area contributed by atoms with Crippen molar-refractivity contribution >= 4 is 68.1 Å². The van der Waals surface area contributed by atoms with Gasteiger partial charge in [-0.2, -0.15) is 0 Å². The molecular formula is C22H16BrClN2O5S. The number of imide groups is 1. The van der Waals surface area contributed by atoms with Gasteiger partial charge in [0.25, 0.3) is 11.1 Å². The van der Waals surface area contributed by atoms with Gasteiger partial charge in [-0.15, -0.1) is 6.42 Å². The van der Waals surface area contributed by atoms with Gasteiger partial charge < -0.3 is 14.8 Å². The Balaban J connectivity index is 1.76. The number of amides is 3. The van der Waals surface area contributed by atoms with Crippen molar-refractivity contribution in [2.24, 2.45) is 0 Å². The Labute approximate surface area is 202 Å². The average molecular weight is 536 g/mol. The first kappa shape index (κ1) is 23.7. The number of benzene rings is 2. The van der Waals surface area contributed by atoms with E-state index in [1.54, 1.807) is 36.4 Å². The highest BCUT2D eigenvalue weighted by Gasteiger charge is 2.36. The first-order chi connectivity index (χ1) is 15.3. The lowest BCUT2D eigenvalue weighted by Gasteiger charge is -2.13. The number of carbonyl (C=O) groups excluding carboxylic acids is 3. The number of thioether (sulfide) groups is 1. The highest BCUT2D eigenvalue weighted by Crippen LogP contribution is 2.39. The maximum atomic E-state index is 12.7. The number of rotatable bonds is 7. The van der Waals surface area contributed by atoms with Gasteiger partial charge in [0.2, 0.25) is 5.91 Å². The zero-order valence-electron chi connectivity index (χ0n) is 16.7. The summed E-state index contributed by atoms with van der Waals surface area (Å²) in [6.45, 7) is -0.372. The van der Waals surface area contributed by atoms with Crippen LogP contribution in [0.25, 0.3) is 6.08 Å². The molecule has 3 rings (SSSR count). The number of nitrogens with one attached hydrogen (secondary N) is 1. The van der Waals surface area contributed by atoms with Crippen molar-refractivity contribution in [3.8, 4) is 23.8 Å². The molecule has 0 bridgehead atoms. The fourth-order valence-corrected chi connectivity index (χ4v) is 4.36. The molecule has 0 unspecified atom stereocenters. The standard InChI is InChI=1S/C22H16BrClN2O5S/c1-3-8-31-20-14(23)9-13(10-17(20)30-2)11-18-21(28)26(22(29)32-18)12-19(27)25-16-7-5-4-6-15(16)24/h1,4-7,9-11H,8,12H2,2H3,(H,25,27)/b18-11+. The largest absolute Gasteiger partial charge is 0.493 e. The number of hydrogen-bond donors (Lipinski definition) is 1. The van der Waals surface area contributed by atoms with Gasteiger partial charge in [-0.05, 0) is 63.6 Å². The van der Waals surface area contributed by atoms with Crippen molar-refractivity contribution < 1.29 is 23.9 Å². The molecule has 2 aromatic rings. The van der Waals surface area contributed by atoms with E-state index in [1.807, 2.05) is 0 Å². The van der Waals surface area contributed by atoms with Crippen molar-refractivity contribution in [2.75, 3.05) is 25.6 Å². The molecule has 1 fully saturated rings. The summed E-state index contributed by atoms with van der Waals surface area (Å²) in [6.07, 6.45) is 6.77. The highest BCUT2D eigenvalue weighted by molar-refractivity contribution is 9.10. The zero-order chi connectivity index (χ0) is 23.3. The lowest BCUT2D eigenvalue weighted by atomic mass is 10.2. The summed E-state index contributed by atoms with van der Waals surface area (Å²) in [6, 6.07) is 10.0. The van der Waals surface area contributed by atoms with Crippen LogP contribution < -0.4 is 14.8 Å². The summed E-state index contributed by atoms with van der Waals surface area (Å²) in [5.41, 5.74) is 0.985. The number of ether oxygens (including phenoxy) is 2. The molecule has 1 aliphatic heterocycles. The minimum Gasteiger partial charge on any atom is -0.493 e. The topological polar surface area (TPSA) is 84.9 Å². The fourth-order valence-electron chi connectivity index (χ4n) is 2.76. The molecule has 0 radical (unpaired) electrons. The molecule has 2 aromatic carbocycles. The summed E-state index contributed by atoms with van der Waals surface area (Å²) >= 11 is 10.2. The number of halogens is 2. The molecule has 0 atom stereocenters. The molecule has 32 heavy (non-hydrogen) atoms. The van der Waals surface area contributed by atoms with Crippen LogP contribution in [0.5, 0.6) is 11.5 Å². The van der Waals surface area contributed by atoms with Crippen LogP contribution in [-0.2, 0) is 9.59 Å². The molecule has 10 heteroatoms. The fraction of sp³-hybridized carbons (Fsp3) is 0.136. The van der Waals surface area contributed by atoms with Crippen LogP contribution in [0.15, 0.2) is 45.8 Å². The molecule has 0 saturated carbocycles. The molecule has 1 heterocycles. The van der Waals surface area contributed by atoms with E-state index in [0.717, 1.165) is 16.7 Å². The minimum absolute atomic E-state index is 0.0590. The summed E-state index contributed by atoms with van der Waals surface area (Å²) in [4.78, 5) is 38.5. The number of methoxy groups -OCH3 is 1. The molecule has 0 aliphatic carbocycles. The van der Waals surface area contributed by atoms with E-state index in [9.17, 15) is 14.4 Å². The van der Waals surface area contributed by atoms with Gasteiger partial charge in [-0.25, -0.2) is 0 Å². The quantitative estimate of drug-likeness (QED) is 0.405. The third-order valence-corrected chi connectivity index (χ3v) is 6.00. The predicted molar refractivity (Wildman–Crippen MR) is 128 cm³/mol. The Morgan fingerprint density at radius 1 is 1.34 bits per heavy atom. The molecule has 7 nitrogen and oxygen atoms in total. The van der Waals surface area contributed by atoms with Crippen molar-refractivity contribution in [1.29, 1.82) is 0 Å². The summed E-state index contributed by atoms with van der Waals surface area (Å²) in [5.74, 6) is 2.09. The predicted octanol–water partition coefficient (Wildman–Crippen LogP) is 4.80. The van der Waals surface area contributed by atoms with Crippen LogP contribution >= 0.6 is 39.3 Å². The van der Waals surface area contributed by atoms with Gasteiger partial charge in [0, 0.05) is 0 Å². The average Bonchev–Trinajstić information content (AvgIpc) is 3.01. The third kappa shape index (κ3) is 5.46. The number of carbonyl (C=O) groups is 3. The van der Waals surface area contributed by atoms with Crippen LogP contribution in [0.1, 0.15) is 5.56 Å². The lowest BCUT2D eigenvalue weighted by Crippen LogP contribution is -2.36. The van der Waals surface area contributed by atoms with Gasteiger partial charge in [0.05, 0.1) is 27.2 Å². The van der Waals surface area contributed by atoms with E-state index in [4.69, 9.17) is 27.5 Å². The van der Waals surface area contributed by atoms with Crippen molar-refractivity contribution in [2.45, 2.75) is 0 Å². The molecule has 1 N–H and O–H groups in total. The van der Waals surface area contributed by atoms with Crippen molar-refractivity contribution in [3.05, 3.63) is 56.4 Å². The van der Waals surface area contributed by atoms with Gasteiger partial charge in [-0.3, -0.25) is 19.3 Å². The van der Waals surface area contributed by atoms with Crippen molar-refractivity contribution in [1.82, 2.24) is 4.90 Å². The van der Waals surface area contributed by atoms with Crippen LogP contribution in [0.3, 0.4) is 0 Å². The van der Waals surface area contributed by atoms with E-state index >= 15 is 0 Å². The summed E-state index contributed by atoms with van der Waals surface area (Å²) < 4.78 is 11.4. The number of hydrogen-bond acceptors (Lipinski definition) is 6. The van der Waals surface area contributed by atoms with E-state index < -0.39 is 23.6 Å². The smallest absolute Gasteiger partial charge is 0.294 e. The van der Waals surface area contributed by atoms with Crippen LogP contribution in [-0.4, -0.2) is 42.2 Å². The summed E-state index contributed by atoms with van der Waals surface area (Å²) in [5, 5.41) is 2.40. The number of anilines is 1. The first-order valence-electron chi connectivity index (χ1n) is 9.07. The maximum Gasteiger partial charge on any atom is 0.294 e. The van der Waals surface area contributed by atoms with E-state index in [0.29, 0.717) is 32.2 Å². The molecular weight excluding hydrogens is 520 g/mol. The normalized spacial score (nSPS) is 14.4. The molecule has 1 aliphatic rings. The van der Waals surface area contributed by atoms with Crippen LogP contribution in [0, 0.1) is 12.3 Å². The second kappa shape index (κ2) is 10.6. The van der Waals surface area contributed by atoms with Crippen molar-refractivity contribution in [3.63, 3.8) is 0 Å². The Hall–Kier alpha value is -2.93. The van der Waals surface area contributed by atoms with Crippen LogP contribution in [0.2, 0.25) is 5.02 Å². The number of terminal acetylenes is 1. The van der Waals surface area contributed by atoms with Gasteiger partial charge in [-0.1, -0.05) is 29.7 Å². The van der Waals surface area contributed by atoms with Crippen LogP contribution in [0.4, 0.5) is 10.5 Å². The Kier molecular flexibility index (Phi) is 7.85. The SMILES string of the molecule is C#CCOc1c(Br)cc(/C=C2/SC(=O)N(CC(=O)Nc3ccccc3Cl)C2=O)cc1OC. The van der Waals surface area contributed by atoms with E-state index in [1.165, 1.54) is 13.2 Å². The zero-order valence-corrected chi connectivity index (χ0v) is 19.8. The highest BCUT2D eigenvalue weighted by atomic mass is 79.9. The van der Waals surface area contributed by atoms with Gasteiger partial charge in [0.15, 0.2) is 11.5 Å². The molecule has 1 saturated heterocycles. The summed E-state index contributed by atoms with van der Waals surface area (Å²) in [7, 11) is 1.47. The monoisotopic (exact) mass is 534 g/mol. The molecule has 3 amide bonds. The molecule has 0 aromatic heterocycles.